The van der Waals surface area contributed by atoms with Crippen molar-refractivity contribution in [2.24, 2.45) is 0 Å². The summed E-state index contributed by atoms with van der Waals surface area (Å²) in [6.45, 7) is 0. The summed E-state index contributed by atoms with van der Waals surface area (Å²) in [6, 6.07) is -0.472. The van der Waals surface area contributed by atoms with Crippen LogP contribution in [0, 0.1) is 0 Å². The minimum Gasteiger partial charge on any atom is -0.316 e. The van der Waals surface area contributed by atoms with Gasteiger partial charge in [0.25, 0.3) is 5.91 Å². The van der Waals surface area contributed by atoms with E-state index in [9.17, 15) is 9.59 Å². The first-order valence-corrected chi connectivity index (χ1v) is 5.49. The number of hydrogen-bond acceptors (Lipinski definition) is 3. The van der Waals surface area contributed by atoms with Crippen LogP contribution in [0.3, 0.4) is 0 Å². The zero-order valence-corrected chi connectivity index (χ0v) is 8.91. The van der Waals surface area contributed by atoms with E-state index in [1.54, 1.807) is 17.5 Å². The quantitative estimate of drug-likeness (QED) is 0.675. The fourth-order valence-corrected chi connectivity index (χ4v) is 3.02. The Labute approximate surface area is 93.9 Å². The molecule has 3 amide bonds. The molecule has 2 N–H and O–H groups in total. The van der Waals surface area contributed by atoms with Crippen LogP contribution in [0.5, 0.6) is 0 Å². The van der Waals surface area contributed by atoms with Crippen LogP contribution in [0.4, 0.5) is 4.79 Å². The largest absolute Gasteiger partial charge is 0.322 e. The number of urea groups is 1. The zero-order chi connectivity index (χ0) is 10.6. The zero-order valence-electron chi connectivity index (χ0n) is 7.33. The molecule has 2 aliphatic rings. The van der Waals surface area contributed by atoms with Crippen LogP contribution in [0.2, 0.25) is 4.34 Å². The number of nitrogens with one attached hydrogen (secondary N) is 2. The summed E-state index contributed by atoms with van der Waals surface area (Å²) >= 11 is 7.31. The smallest absolute Gasteiger partial charge is 0.316 e. The molecule has 3 rings (SSSR count). The lowest BCUT2D eigenvalue weighted by atomic mass is 9.95. The normalized spacial score (nSPS) is 27.0. The van der Waals surface area contributed by atoms with Crippen LogP contribution >= 0.6 is 22.9 Å². The van der Waals surface area contributed by atoms with Crippen molar-refractivity contribution in [1.29, 1.82) is 0 Å². The molecule has 1 aromatic rings. The summed E-state index contributed by atoms with van der Waals surface area (Å²) in [5.74, 6) is -0.350. The predicted molar refractivity (Wildman–Crippen MR) is 56.7 cm³/mol. The maximum absolute atomic E-state index is 11.7. The van der Waals surface area contributed by atoms with Gasteiger partial charge in [0.15, 0.2) is 5.54 Å². The highest BCUT2D eigenvalue weighted by Gasteiger charge is 2.49. The van der Waals surface area contributed by atoms with Crippen molar-refractivity contribution in [2.45, 2.75) is 5.54 Å². The molecule has 0 radical (unpaired) electrons. The van der Waals surface area contributed by atoms with Gasteiger partial charge in [0.2, 0.25) is 0 Å². The third kappa shape index (κ3) is 0.965. The third-order valence-electron chi connectivity index (χ3n) is 2.60. The molecule has 1 saturated heterocycles. The Morgan fingerprint density at radius 1 is 1.40 bits per heavy atom. The number of imide groups is 1. The summed E-state index contributed by atoms with van der Waals surface area (Å²) in [7, 11) is 0. The molecule has 1 unspecified atom stereocenters. The van der Waals surface area contributed by atoms with Crippen molar-refractivity contribution in [1.82, 2.24) is 10.6 Å². The number of thiophene rings is 1. The molecule has 1 atom stereocenters. The Bertz CT molecular complexity index is 522. The van der Waals surface area contributed by atoms with Gasteiger partial charge in [-0.2, -0.15) is 0 Å². The monoisotopic (exact) mass is 240 g/mol. The first-order valence-electron chi connectivity index (χ1n) is 4.24. The van der Waals surface area contributed by atoms with E-state index in [0.717, 1.165) is 11.1 Å². The molecule has 76 valence electrons. The highest BCUT2D eigenvalue weighted by atomic mass is 35.5. The lowest BCUT2D eigenvalue weighted by Crippen LogP contribution is -2.40. The van der Waals surface area contributed by atoms with E-state index in [-0.39, 0.29) is 5.91 Å². The van der Waals surface area contributed by atoms with Gasteiger partial charge in [-0.25, -0.2) is 4.79 Å². The number of halogens is 1. The van der Waals surface area contributed by atoms with Crippen LogP contribution in [-0.4, -0.2) is 11.9 Å². The number of rotatable bonds is 0. The van der Waals surface area contributed by atoms with E-state index in [2.05, 4.69) is 10.6 Å². The fraction of sp³-hybridized carbons (Fsp3) is 0.111. The second-order valence-electron chi connectivity index (χ2n) is 3.39. The Morgan fingerprint density at radius 3 is 2.87 bits per heavy atom. The Kier molecular flexibility index (Phi) is 1.56. The van der Waals surface area contributed by atoms with Crippen LogP contribution < -0.4 is 10.6 Å². The maximum atomic E-state index is 11.7. The summed E-state index contributed by atoms with van der Waals surface area (Å²) < 4.78 is 0.632. The minimum absolute atomic E-state index is 0.350. The average Bonchev–Trinajstić information content (AvgIpc) is 2.77. The van der Waals surface area contributed by atoms with Gasteiger partial charge in [0.05, 0.1) is 0 Å². The number of carbonyl (C=O) groups excluding carboxylic acids is 2. The predicted octanol–water partition coefficient (Wildman–Crippen LogP) is 1.46. The Balaban J connectivity index is 2.21. The van der Waals surface area contributed by atoms with Crippen molar-refractivity contribution in [3.05, 3.63) is 26.9 Å². The molecule has 6 heteroatoms. The molecular weight excluding hydrogens is 236 g/mol. The Hall–Kier alpha value is -1.33. The number of carbonyl (C=O) groups is 2. The van der Waals surface area contributed by atoms with E-state index in [4.69, 9.17) is 11.6 Å². The Morgan fingerprint density at radius 2 is 2.20 bits per heavy atom. The van der Waals surface area contributed by atoms with Gasteiger partial charge in [-0.3, -0.25) is 10.1 Å². The molecule has 1 aromatic heterocycles. The van der Waals surface area contributed by atoms with Crippen LogP contribution in [0.25, 0.3) is 6.08 Å². The van der Waals surface area contributed by atoms with E-state index < -0.39 is 11.6 Å². The molecule has 1 aliphatic heterocycles. The molecule has 15 heavy (non-hydrogen) atoms. The molecule has 0 saturated carbocycles. The molecule has 2 heterocycles. The van der Waals surface area contributed by atoms with E-state index in [1.165, 1.54) is 11.3 Å². The summed E-state index contributed by atoms with van der Waals surface area (Å²) in [5.41, 5.74) is 0.538. The molecule has 1 spiro atoms. The SMILES string of the molecule is O=C1NC(=O)C2(C=Cc3c2csc3Cl)N1. The summed E-state index contributed by atoms with van der Waals surface area (Å²) in [6.07, 6.45) is 3.43. The average molecular weight is 241 g/mol. The summed E-state index contributed by atoms with van der Waals surface area (Å²) in [5, 5.41) is 6.63. The van der Waals surface area contributed by atoms with Gasteiger partial charge in [-0.15, -0.1) is 11.3 Å². The van der Waals surface area contributed by atoms with Crippen molar-refractivity contribution >= 4 is 41.0 Å². The number of fused-ring (bicyclic) bond motifs is 2. The maximum Gasteiger partial charge on any atom is 0.322 e. The van der Waals surface area contributed by atoms with Gasteiger partial charge in [-0.1, -0.05) is 17.7 Å². The van der Waals surface area contributed by atoms with E-state index >= 15 is 0 Å². The first-order chi connectivity index (χ1) is 7.13. The fourth-order valence-electron chi connectivity index (χ4n) is 1.88. The van der Waals surface area contributed by atoms with Gasteiger partial charge in [0, 0.05) is 11.1 Å². The second-order valence-corrected chi connectivity index (χ2v) is 4.87. The minimum atomic E-state index is -1.03. The number of amides is 3. The lowest BCUT2D eigenvalue weighted by molar-refractivity contribution is -0.122. The van der Waals surface area contributed by atoms with Crippen molar-refractivity contribution < 1.29 is 9.59 Å². The third-order valence-corrected chi connectivity index (χ3v) is 3.85. The van der Waals surface area contributed by atoms with Crippen LogP contribution in [-0.2, 0) is 10.3 Å². The molecule has 1 aliphatic carbocycles. The van der Waals surface area contributed by atoms with Gasteiger partial charge in [-0.05, 0) is 11.5 Å². The van der Waals surface area contributed by atoms with Crippen LogP contribution in [0.1, 0.15) is 11.1 Å². The molecular formula is C9H5ClN2O2S. The van der Waals surface area contributed by atoms with Crippen LogP contribution in [0.15, 0.2) is 11.5 Å². The highest BCUT2D eigenvalue weighted by molar-refractivity contribution is 7.14. The molecule has 1 fully saturated rings. The van der Waals surface area contributed by atoms with Crippen molar-refractivity contribution in [3.8, 4) is 0 Å². The molecule has 4 nitrogen and oxygen atoms in total. The standard InChI is InChI=1S/C9H5ClN2O2S/c10-6-4-1-2-9(5(4)3-15-6)7(13)11-8(14)12-9/h1-3H,(H2,11,12,13,14). The van der Waals surface area contributed by atoms with Crippen molar-refractivity contribution in [2.75, 3.05) is 0 Å². The van der Waals surface area contributed by atoms with Crippen molar-refractivity contribution in [3.63, 3.8) is 0 Å². The summed E-state index contributed by atoms with van der Waals surface area (Å²) in [4.78, 5) is 22.8. The van der Waals surface area contributed by atoms with E-state index in [0.29, 0.717) is 4.34 Å². The lowest BCUT2D eigenvalue weighted by Gasteiger charge is -2.17. The van der Waals surface area contributed by atoms with Gasteiger partial charge >= 0.3 is 6.03 Å². The molecule has 0 bridgehead atoms. The van der Waals surface area contributed by atoms with Gasteiger partial charge < -0.3 is 5.32 Å². The van der Waals surface area contributed by atoms with Gasteiger partial charge in [0.1, 0.15) is 4.34 Å². The second kappa shape index (κ2) is 2.62. The molecule has 0 aromatic carbocycles. The number of hydrogen-bond donors (Lipinski definition) is 2. The first kappa shape index (κ1) is 8.94. The topological polar surface area (TPSA) is 58.2 Å². The van der Waals surface area contributed by atoms with E-state index in [1.807, 2.05) is 0 Å². The highest BCUT2D eigenvalue weighted by Crippen LogP contribution is 2.42.